The molecule has 2 heterocycles. The van der Waals surface area contributed by atoms with Crippen molar-refractivity contribution in [2.75, 3.05) is 54.3 Å². The summed E-state index contributed by atoms with van der Waals surface area (Å²) in [5, 5.41) is 2.95. The number of carbonyl (C=O) groups is 1. The Morgan fingerprint density at radius 2 is 1.50 bits per heavy atom. The van der Waals surface area contributed by atoms with Gasteiger partial charge in [-0.05, 0) is 61.4 Å². The van der Waals surface area contributed by atoms with E-state index in [1.165, 1.54) is 28.6 Å². The van der Waals surface area contributed by atoms with Gasteiger partial charge in [0.15, 0.2) is 0 Å². The molecule has 0 bridgehead atoms. The smallest absolute Gasteiger partial charge is 0.264 e. The van der Waals surface area contributed by atoms with Crippen molar-refractivity contribution >= 4 is 66.2 Å². The summed E-state index contributed by atoms with van der Waals surface area (Å²) in [7, 11) is -8.05. The van der Waals surface area contributed by atoms with Gasteiger partial charge >= 0.3 is 0 Å². The predicted octanol–water partition coefficient (Wildman–Crippen LogP) is 5.06. The van der Waals surface area contributed by atoms with Gasteiger partial charge in [-0.3, -0.25) is 9.52 Å². The highest BCUT2D eigenvalue weighted by Crippen LogP contribution is 2.33. The van der Waals surface area contributed by atoms with E-state index >= 15 is 0 Å². The Kier molecular flexibility index (Phi) is 9.31. The molecule has 2 aliphatic rings. The highest BCUT2D eigenvalue weighted by molar-refractivity contribution is 7.93. The topological polar surface area (TPSA) is 125 Å². The highest BCUT2D eigenvalue weighted by Gasteiger charge is 2.29. The zero-order valence-electron chi connectivity index (χ0n) is 22.6. The van der Waals surface area contributed by atoms with E-state index in [0.29, 0.717) is 45.1 Å². The second-order valence-corrected chi connectivity index (χ2v) is 14.3. The summed E-state index contributed by atoms with van der Waals surface area (Å²) in [6.07, 6.45) is 2.47. The van der Waals surface area contributed by atoms with Crippen LogP contribution in [0, 0.1) is 0 Å². The standard InChI is InChI=1S/C28H30Cl2N4O6S2/c29-22-6-2-3-7-24(22)32-41(36,37)27-19-21(9-11-25(27)33-14-16-40-17-15-33)31-28(35)20-8-10-23(30)26(18-20)42(38,39)34-12-4-1-5-13-34/h2-3,6-11,18-19,32H,1,4-5,12-17H2,(H,31,35). The summed E-state index contributed by atoms with van der Waals surface area (Å²) >= 11 is 12.5. The Hall–Kier alpha value is -2.87. The Morgan fingerprint density at radius 1 is 0.786 bits per heavy atom. The average Bonchev–Trinajstić information content (AvgIpc) is 2.99. The lowest BCUT2D eigenvalue weighted by atomic mass is 10.2. The number of halogens is 2. The summed E-state index contributed by atoms with van der Waals surface area (Å²) in [6, 6.07) is 15.1. The van der Waals surface area contributed by atoms with Gasteiger partial charge < -0.3 is 15.0 Å². The van der Waals surface area contributed by atoms with Crippen molar-refractivity contribution in [3.8, 4) is 0 Å². The van der Waals surface area contributed by atoms with Crippen molar-refractivity contribution < 1.29 is 26.4 Å². The molecule has 0 aromatic heterocycles. The first-order chi connectivity index (χ1) is 20.1. The summed E-state index contributed by atoms with van der Waals surface area (Å²) in [6.45, 7) is 2.64. The van der Waals surface area contributed by atoms with Gasteiger partial charge in [-0.2, -0.15) is 4.31 Å². The molecule has 42 heavy (non-hydrogen) atoms. The quantitative estimate of drug-likeness (QED) is 0.349. The zero-order chi connectivity index (χ0) is 29.9. The van der Waals surface area contributed by atoms with Crippen LogP contribution in [0.2, 0.25) is 10.0 Å². The molecule has 224 valence electrons. The number of para-hydroxylation sites is 1. The number of hydrogen-bond acceptors (Lipinski definition) is 7. The van der Waals surface area contributed by atoms with Gasteiger partial charge in [0.2, 0.25) is 10.0 Å². The largest absolute Gasteiger partial charge is 0.378 e. The van der Waals surface area contributed by atoms with Gasteiger partial charge in [0.05, 0.1) is 34.6 Å². The number of ether oxygens (including phenoxy) is 1. The fourth-order valence-electron chi connectivity index (χ4n) is 4.91. The molecule has 3 aromatic carbocycles. The van der Waals surface area contributed by atoms with Crippen molar-refractivity contribution in [2.45, 2.75) is 29.1 Å². The minimum Gasteiger partial charge on any atom is -0.378 e. The van der Waals surface area contributed by atoms with Gasteiger partial charge in [0.25, 0.3) is 15.9 Å². The van der Waals surface area contributed by atoms with Crippen LogP contribution < -0.4 is 14.9 Å². The minimum atomic E-state index is -4.15. The number of rotatable bonds is 8. The maximum absolute atomic E-state index is 13.6. The molecule has 3 aromatic rings. The van der Waals surface area contributed by atoms with Crippen molar-refractivity contribution in [3.63, 3.8) is 0 Å². The zero-order valence-corrected chi connectivity index (χ0v) is 25.7. The molecule has 14 heteroatoms. The lowest BCUT2D eigenvalue weighted by Gasteiger charge is -2.30. The summed E-state index contributed by atoms with van der Waals surface area (Å²) in [5.41, 5.74) is 0.917. The van der Waals surface area contributed by atoms with Gasteiger partial charge in [0, 0.05) is 37.4 Å². The van der Waals surface area contributed by atoms with Crippen LogP contribution in [-0.2, 0) is 24.8 Å². The first kappa shape index (κ1) is 30.6. The molecule has 0 atom stereocenters. The van der Waals surface area contributed by atoms with Crippen LogP contribution in [0.25, 0.3) is 0 Å². The summed E-state index contributed by atoms with van der Waals surface area (Å²) in [5.74, 6) is -0.622. The van der Waals surface area contributed by atoms with E-state index in [1.807, 2.05) is 4.90 Å². The monoisotopic (exact) mass is 652 g/mol. The van der Waals surface area contributed by atoms with Crippen LogP contribution >= 0.6 is 23.2 Å². The number of amides is 1. The van der Waals surface area contributed by atoms with Crippen LogP contribution in [0.5, 0.6) is 0 Å². The minimum absolute atomic E-state index is 0.0195. The first-order valence-corrected chi connectivity index (χ1v) is 17.1. The van der Waals surface area contributed by atoms with E-state index in [9.17, 15) is 21.6 Å². The van der Waals surface area contributed by atoms with Crippen LogP contribution in [0.1, 0.15) is 29.6 Å². The third kappa shape index (κ3) is 6.69. The molecule has 10 nitrogen and oxygen atoms in total. The molecule has 2 saturated heterocycles. The second-order valence-electron chi connectivity index (χ2n) is 9.93. The molecule has 2 fully saturated rings. The highest BCUT2D eigenvalue weighted by atomic mass is 35.5. The van der Waals surface area contributed by atoms with Crippen LogP contribution in [-0.4, -0.2) is 66.4 Å². The van der Waals surface area contributed by atoms with Crippen LogP contribution in [0.3, 0.4) is 0 Å². The number of carbonyl (C=O) groups excluding carboxylic acids is 1. The van der Waals surface area contributed by atoms with Crippen molar-refractivity contribution in [2.24, 2.45) is 0 Å². The predicted molar refractivity (Wildman–Crippen MR) is 164 cm³/mol. The molecule has 0 aliphatic carbocycles. The number of morpholine rings is 1. The molecule has 2 N–H and O–H groups in total. The first-order valence-electron chi connectivity index (χ1n) is 13.4. The fourth-order valence-corrected chi connectivity index (χ4v) is 8.49. The fraction of sp³-hybridized carbons (Fsp3) is 0.321. The molecular weight excluding hydrogens is 623 g/mol. The lowest BCUT2D eigenvalue weighted by molar-refractivity contribution is 0.102. The molecular formula is C28H30Cl2N4O6S2. The molecule has 0 saturated carbocycles. The van der Waals surface area contributed by atoms with Gasteiger partial charge in [-0.25, -0.2) is 16.8 Å². The van der Waals surface area contributed by atoms with Crippen molar-refractivity contribution in [3.05, 3.63) is 76.3 Å². The van der Waals surface area contributed by atoms with Crippen molar-refractivity contribution in [1.82, 2.24) is 4.31 Å². The van der Waals surface area contributed by atoms with E-state index in [1.54, 1.807) is 36.4 Å². The number of hydrogen-bond donors (Lipinski definition) is 2. The van der Waals surface area contributed by atoms with E-state index in [-0.39, 0.29) is 36.8 Å². The third-order valence-electron chi connectivity index (χ3n) is 7.10. The van der Waals surface area contributed by atoms with E-state index in [0.717, 1.165) is 19.3 Å². The Bertz CT molecular complexity index is 1690. The van der Waals surface area contributed by atoms with Gasteiger partial charge in [0.1, 0.15) is 9.79 Å². The van der Waals surface area contributed by atoms with Crippen molar-refractivity contribution in [1.29, 1.82) is 0 Å². The van der Waals surface area contributed by atoms with Gasteiger partial charge in [-0.1, -0.05) is 41.8 Å². The molecule has 0 unspecified atom stereocenters. The average molecular weight is 654 g/mol. The maximum Gasteiger partial charge on any atom is 0.264 e. The van der Waals surface area contributed by atoms with E-state index in [4.69, 9.17) is 27.9 Å². The van der Waals surface area contributed by atoms with E-state index in [2.05, 4.69) is 10.0 Å². The second kappa shape index (κ2) is 12.8. The SMILES string of the molecule is O=C(Nc1ccc(N2CCOCC2)c(S(=O)(=O)Nc2ccccc2Cl)c1)c1ccc(Cl)c(S(=O)(=O)N2CCCCC2)c1. The lowest BCUT2D eigenvalue weighted by Crippen LogP contribution is -2.37. The molecule has 0 radical (unpaired) electrons. The number of nitrogens with one attached hydrogen (secondary N) is 2. The van der Waals surface area contributed by atoms with Crippen LogP contribution in [0.15, 0.2) is 70.5 Å². The number of anilines is 3. The molecule has 0 spiro atoms. The van der Waals surface area contributed by atoms with E-state index < -0.39 is 26.0 Å². The molecule has 5 rings (SSSR count). The number of sulfonamides is 2. The number of nitrogens with zero attached hydrogens (tertiary/aromatic N) is 2. The molecule has 2 aliphatic heterocycles. The van der Waals surface area contributed by atoms with Crippen LogP contribution in [0.4, 0.5) is 17.1 Å². The Balaban J connectivity index is 1.46. The third-order valence-corrected chi connectivity index (χ3v) is 11.2. The number of piperidine rings is 1. The van der Waals surface area contributed by atoms with Gasteiger partial charge in [-0.15, -0.1) is 0 Å². The Morgan fingerprint density at radius 3 is 2.21 bits per heavy atom. The normalized spacial score (nSPS) is 16.7. The number of benzene rings is 3. The Labute approximate surface area is 255 Å². The summed E-state index contributed by atoms with van der Waals surface area (Å²) < 4.78 is 63.2. The summed E-state index contributed by atoms with van der Waals surface area (Å²) in [4.78, 5) is 15.0. The maximum atomic E-state index is 13.6. The molecule has 1 amide bonds.